The van der Waals surface area contributed by atoms with E-state index in [4.69, 9.17) is 0 Å². The number of imidazole rings is 1. The van der Waals surface area contributed by atoms with E-state index in [-0.39, 0.29) is 0 Å². The zero-order valence-electron chi connectivity index (χ0n) is 13.0. The predicted molar refractivity (Wildman–Crippen MR) is 97.5 cm³/mol. The van der Waals surface area contributed by atoms with Gasteiger partial charge in [-0.3, -0.25) is 4.57 Å². The molecule has 0 radical (unpaired) electrons. The molecule has 3 aromatic heterocycles. The van der Waals surface area contributed by atoms with Crippen LogP contribution in [0, 0.1) is 0 Å². The monoisotopic (exact) mass is 309 g/mol. The van der Waals surface area contributed by atoms with E-state index in [0.29, 0.717) is 0 Å². The van der Waals surface area contributed by atoms with Crippen LogP contribution in [0.2, 0.25) is 0 Å². The Morgan fingerprint density at radius 2 is 1.71 bits per heavy atom. The van der Waals surface area contributed by atoms with Gasteiger partial charge >= 0.3 is 0 Å². The van der Waals surface area contributed by atoms with Crippen LogP contribution in [0.15, 0.2) is 91.5 Å². The highest BCUT2D eigenvalue weighted by molar-refractivity contribution is 5.96. The molecule has 0 unspecified atom stereocenters. The number of hydrogen-bond acceptors (Lipinski definition) is 1. The van der Waals surface area contributed by atoms with Crippen molar-refractivity contribution in [2.45, 2.75) is 0 Å². The normalized spacial score (nSPS) is 11.3. The van der Waals surface area contributed by atoms with Gasteiger partial charge in [-0.1, -0.05) is 36.4 Å². The number of para-hydroxylation sites is 1. The number of hydrogen-bond donors (Lipinski definition) is 0. The van der Waals surface area contributed by atoms with Crippen LogP contribution in [-0.2, 0) is 0 Å². The maximum Gasteiger partial charge on any atom is 0.145 e. The first-order valence-corrected chi connectivity index (χ1v) is 7.99. The summed E-state index contributed by atoms with van der Waals surface area (Å²) in [4.78, 5) is 4.63. The minimum atomic E-state index is 0.957. The summed E-state index contributed by atoms with van der Waals surface area (Å²) >= 11 is 0. The number of pyridine rings is 1. The molecule has 0 atom stereocenters. The summed E-state index contributed by atoms with van der Waals surface area (Å²) in [6.07, 6.45) is 8.13. The van der Waals surface area contributed by atoms with E-state index in [1.807, 2.05) is 30.6 Å². The molecule has 114 valence electrons. The lowest BCUT2D eigenvalue weighted by Gasteiger charge is -2.11. The Hall–Kier alpha value is -3.33. The summed E-state index contributed by atoms with van der Waals surface area (Å²) in [6.45, 7) is 0. The Kier molecular flexibility index (Phi) is 2.79. The molecule has 0 spiro atoms. The third-order valence-electron chi connectivity index (χ3n) is 4.44. The molecule has 2 aromatic carbocycles. The molecular weight excluding hydrogens is 294 g/mol. The van der Waals surface area contributed by atoms with Crippen molar-refractivity contribution in [1.82, 2.24) is 14.0 Å². The van der Waals surface area contributed by atoms with E-state index in [1.165, 1.54) is 16.3 Å². The standard InChI is InChI=1S/C21H15N3/c1-2-7-17(8-3-1)24-13-11-22-21(24)19-10-4-6-16-14-18-9-5-12-23(18)15-20(16)19/h1-15H. The van der Waals surface area contributed by atoms with Crippen LogP contribution in [-0.4, -0.2) is 14.0 Å². The first-order valence-electron chi connectivity index (χ1n) is 7.99. The zero-order chi connectivity index (χ0) is 15.9. The SMILES string of the molecule is c1ccc(-n2ccnc2-c2cccc3cc4cccn4cc23)cc1. The average Bonchev–Trinajstić information content (AvgIpc) is 3.29. The Morgan fingerprint density at radius 1 is 0.792 bits per heavy atom. The summed E-state index contributed by atoms with van der Waals surface area (Å²) in [5, 5.41) is 2.42. The first-order chi connectivity index (χ1) is 11.9. The summed E-state index contributed by atoms with van der Waals surface area (Å²) in [5.41, 5.74) is 3.45. The molecule has 0 aliphatic heterocycles. The summed E-state index contributed by atoms with van der Waals surface area (Å²) < 4.78 is 4.29. The van der Waals surface area contributed by atoms with Crippen molar-refractivity contribution in [1.29, 1.82) is 0 Å². The largest absolute Gasteiger partial charge is 0.323 e. The molecule has 3 nitrogen and oxygen atoms in total. The molecule has 5 rings (SSSR count). The van der Waals surface area contributed by atoms with Gasteiger partial charge in [0.2, 0.25) is 0 Å². The van der Waals surface area contributed by atoms with E-state index in [9.17, 15) is 0 Å². The smallest absolute Gasteiger partial charge is 0.145 e. The van der Waals surface area contributed by atoms with E-state index < -0.39 is 0 Å². The average molecular weight is 309 g/mol. The lowest BCUT2D eigenvalue weighted by atomic mass is 10.1. The molecule has 0 saturated heterocycles. The molecule has 5 aromatic rings. The highest BCUT2D eigenvalue weighted by Crippen LogP contribution is 2.30. The molecule has 3 heteroatoms. The number of aromatic nitrogens is 3. The number of nitrogens with zero attached hydrogens (tertiary/aromatic N) is 3. The molecule has 24 heavy (non-hydrogen) atoms. The third-order valence-corrected chi connectivity index (χ3v) is 4.44. The lowest BCUT2D eigenvalue weighted by molar-refractivity contribution is 1.07. The van der Waals surface area contributed by atoms with Crippen molar-refractivity contribution in [2.24, 2.45) is 0 Å². The molecule has 0 aliphatic rings. The quantitative estimate of drug-likeness (QED) is 0.452. The van der Waals surface area contributed by atoms with E-state index >= 15 is 0 Å². The molecule has 0 bridgehead atoms. The molecule has 0 fully saturated rings. The maximum atomic E-state index is 4.63. The Morgan fingerprint density at radius 3 is 2.62 bits per heavy atom. The molecule has 0 saturated carbocycles. The number of benzene rings is 2. The fourth-order valence-corrected chi connectivity index (χ4v) is 3.29. The van der Waals surface area contributed by atoms with E-state index in [2.05, 4.69) is 74.9 Å². The molecule has 0 amide bonds. The van der Waals surface area contributed by atoms with Gasteiger partial charge in [0.25, 0.3) is 0 Å². The van der Waals surface area contributed by atoms with Crippen LogP contribution < -0.4 is 0 Å². The van der Waals surface area contributed by atoms with Gasteiger partial charge in [-0.15, -0.1) is 0 Å². The van der Waals surface area contributed by atoms with Gasteiger partial charge in [0.05, 0.1) is 0 Å². The second-order valence-corrected chi connectivity index (χ2v) is 5.88. The fraction of sp³-hybridized carbons (Fsp3) is 0. The van der Waals surface area contributed by atoms with E-state index in [1.54, 1.807) is 0 Å². The fourth-order valence-electron chi connectivity index (χ4n) is 3.29. The minimum Gasteiger partial charge on any atom is -0.323 e. The van der Waals surface area contributed by atoms with Crippen molar-refractivity contribution in [2.75, 3.05) is 0 Å². The van der Waals surface area contributed by atoms with Crippen LogP contribution in [0.4, 0.5) is 0 Å². The van der Waals surface area contributed by atoms with Crippen LogP contribution >= 0.6 is 0 Å². The van der Waals surface area contributed by atoms with Crippen LogP contribution in [0.1, 0.15) is 0 Å². The topological polar surface area (TPSA) is 22.2 Å². The first kappa shape index (κ1) is 13.1. The van der Waals surface area contributed by atoms with Gasteiger partial charge < -0.3 is 4.40 Å². The second-order valence-electron chi connectivity index (χ2n) is 5.88. The Labute approximate surface area is 139 Å². The lowest BCUT2D eigenvalue weighted by Crippen LogP contribution is -1.97. The van der Waals surface area contributed by atoms with Gasteiger partial charge in [-0.2, -0.15) is 0 Å². The summed E-state index contributed by atoms with van der Waals surface area (Å²) in [5.74, 6) is 0.957. The maximum absolute atomic E-state index is 4.63. The minimum absolute atomic E-state index is 0.957. The summed E-state index contributed by atoms with van der Waals surface area (Å²) in [6, 6.07) is 23.1. The Bertz CT molecular complexity index is 1150. The van der Waals surface area contributed by atoms with Gasteiger partial charge in [0.15, 0.2) is 0 Å². The van der Waals surface area contributed by atoms with Crippen molar-refractivity contribution in [3.05, 3.63) is 91.5 Å². The van der Waals surface area contributed by atoms with Crippen LogP contribution in [0.25, 0.3) is 33.4 Å². The van der Waals surface area contributed by atoms with Crippen molar-refractivity contribution in [3.8, 4) is 17.1 Å². The van der Waals surface area contributed by atoms with E-state index in [0.717, 1.165) is 17.1 Å². The summed E-state index contributed by atoms with van der Waals surface area (Å²) in [7, 11) is 0. The molecule has 0 aliphatic carbocycles. The highest BCUT2D eigenvalue weighted by Gasteiger charge is 2.11. The zero-order valence-corrected chi connectivity index (χ0v) is 13.0. The predicted octanol–water partition coefficient (Wildman–Crippen LogP) is 4.95. The molecular formula is C21H15N3. The van der Waals surface area contributed by atoms with Gasteiger partial charge in [-0.25, -0.2) is 4.98 Å². The van der Waals surface area contributed by atoms with Gasteiger partial charge in [-0.05, 0) is 35.7 Å². The van der Waals surface area contributed by atoms with Crippen molar-refractivity contribution in [3.63, 3.8) is 0 Å². The number of fused-ring (bicyclic) bond motifs is 2. The highest BCUT2D eigenvalue weighted by atomic mass is 15.1. The number of rotatable bonds is 2. The van der Waals surface area contributed by atoms with Crippen molar-refractivity contribution < 1.29 is 0 Å². The Balaban J connectivity index is 1.80. The van der Waals surface area contributed by atoms with Crippen LogP contribution in [0.3, 0.4) is 0 Å². The molecule has 3 heterocycles. The van der Waals surface area contributed by atoms with Gasteiger partial charge in [0.1, 0.15) is 5.82 Å². The van der Waals surface area contributed by atoms with Gasteiger partial charge in [0, 0.05) is 46.9 Å². The van der Waals surface area contributed by atoms with Crippen LogP contribution in [0.5, 0.6) is 0 Å². The molecule has 0 N–H and O–H groups in total. The third kappa shape index (κ3) is 1.95. The van der Waals surface area contributed by atoms with Crippen molar-refractivity contribution >= 4 is 16.3 Å². The second kappa shape index (κ2) is 5.10.